The molecule has 0 rings (SSSR count). The maximum atomic E-state index is 11.4. The van der Waals surface area contributed by atoms with E-state index in [4.69, 9.17) is 40.5 Å². The van der Waals surface area contributed by atoms with Crippen LogP contribution in [0, 0.1) is 0 Å². The number of rotatable bonds is 7. The number of nitrogens with zero attached hydrogens (tertiary/aromatic N) is 2. The van der Waals surface area contributed by atoms with E-state index in [1.807, 2.05) is 0 Å². The number of guanidine groups is 2. The first-order valence-electron chi connectivity index (χ1n) is 5.01. The van der Waals surface area contributed by atoms with E-state index in [9.17, 15) is 8.42 Å². The van der Waals surface area contributed by atoms with Gasteiger partial charge >= 0.3 is 10.4 Å². The fraction of sp³-hybridized carbons (Fsp3) is 0.667. The van der Waals surface area contributed by atoms with Crippen molar-refractivity contribution >= 4 is 42.0 Å². The fourth-order valence-corrected chi connectivity index (χ4v) is 3.10. The van der Waals surface area contributed by atoms with Crippen LogP contribution in [0.1, 0.15) is 0 Å². The molecular weight excluding hydrogens is 348 g/mol. The average molecular weight is 366 g/mol. The highest BCUT2D eigenvalue weighted by Gasteiger charge is 2.10. The van der Waals surface area contributed by atoms with E-state index in [0.29, 0.717) is 5.75 Å². The minimum atomic E-state index is -4.67. The van der Waals surface area contributed by atoms with Crippen LogP contribution in [0.2, 0.25) is 0 Å². The Kier molecular flexibility index (Phi) is 10.9. The number of nitrogens with two attached hydrogens (primary N) is 4. The molecule has 10 N–H and O–H groups in total. The first-order valence-corrected chi connectivity index (χ1v) is 9.56. The number of hydrogen-bond acceptors (Lipinski definition) is 7. The quantitative estimate of drug-likeness (QED) is 0.0868. The summed E-state index contributed by atoms with van der Waals surface area (Å²) in [7, 11) is -7.12. The minimum absolute atomic E-state index is 0.0555. The Labute approximate surface area is 126 Å². The zero-order valence-electron chi connectivity index (χ0n) is 10.8. The molecule has 0 saturated carbocycles. The Hall–Kier alpha value is -1.29. The zero-order chi connectivity index (χ0) is 17.1. The van der Waals surface area contributed by atoms with Gasteiger partial charge in [0.2, 0.25) is 8.87 Å². The van der Waals surface area contributed by atoms with Gasteiger partial charge < -0.3 is 22.9 Å². The lowest BCUT2D eigenvalue weighted by atomic mass is 10.8. The second-order valence-corrected chi connectivity index (χ2v) is 8.44. The summed E-state index contributed by atoms with van der Waals surface area (Å²) >= 11 is 0. The summed E-state index contributed by atoms with van der Waals surface area (Å²) in [5.74, 6) is -0.00129. The van der Waals surface area contributed by atoms with Crippen LogP contribution in [0.15, 0.2) is 9.98 Å². The third-order valence-corrected chi connectivity index (χ3v) is 4.75. The molecule has 0 aliphatic rings. The van der Waals surface area contributed by atoms with Crippen molar-refractivity contribution in [3.63, 3.8) is 0 Å². The molecule has 0 fully saturated rings. The molecule has 15 heteroatoms. The van der Waals surface area contributed by atoms with Gasteiger partial charge in [-0.1, -0.05) is 0 Å². The summed E-state index contributed by atoms with van der Waals surface area (Å²) in [4.78, 5) is 7.23. The van der Waals surface area contributed by atoms with E-state index in [1.54, 1.807) is 0 Å². The molecule has 126 valence electrons. The molecule has 0 aromatic carbocycles. The molecule has 0 aliphatic heterocycles. The first kappa shape index (κ1) is 22.0. The highest BCUT2D eigenvalue weighted by molar-refractivity contribution is 8.72. The minimum Gasteiger partial charge on any atom is -0.370 e. The number of aliphatic imine (C=N–C) groups is 2. The van der Waals surface area contributed by atoms with Gasteiger partial charge in [0.05, 0.1) is 18.8 Å². The van der Waals surface area contributed by atoms with Crippen LogP contribution < -0.4 is 22.9 Å². The molecule has 21 heavy (non-hydrogen) atoms. The third-order valence-electron chi connectivity index (χ3n) is 1.28. The van der Waals surface area contributed by atoms with Gasteiger partial charge in [-0.05, 0) is 10.8 Å². The second-order valence-electron chi connectivity index (χ2n) is 3.14. The van der Waals surface area contributed by atoms with Crippen LogP contribution in [-0.4, -0.2) is 62.5 Å². The van der Waals surface area contributed by atoms with Crippen LogP contribution >= 0.6 is 10.8 Å². The summed E-state index contributed by atoms with van der Waals surface area (Å²) in [6.07, 6.45) is 0. The van der Waals surface area contributed by atoms with E-state index >= 15 is 0 Å². The Morgan fingerprint density at radius 1 is 0.905 bits per heavy atom. The van der Waals surface area contributed by atoms with Gasteiger partial charge in [0.25, 0.3) is 0 Å². The smallest absolute Gasteiger partial charge is 0.370 e. The highest BCUT2D eigenvalue weighted by atomic mass is 33.1. The van der Waals surface area contributed by atoms with Gasteiger partial charge in [0.1, 0.15) is 0 Å². The summed E-state index contributed by atoms with van der Waals surface area (Å²) in [5, 5.41) is 0. The van der Waals surface area contributed by atoms with Crippen molar-refractivity contribution in [1.82, 2.24) is 0 Å². The van der Waals surface area contributed by atoms with Crippen LogP contribution in [0.25, 0.3) is 0 Å². The third kappa shape index (κ3) is 27.8. The predicted molar refractivity (Wildman–Crippen MR) is 81.8 cm³/mol. The van der Waals surface area contributed by atoms with E-state index in [-0.39, 0.29) is 30.8 Å². The Morgan fingerprint density at radius 3 is 1.67 bits per heavy atom. The molecule has 0 saturated heterocycles. The molecule has 0 aromatic heterocycles. The second kappa shape index (κ2) is 10.4. The molecular formula is C6H18N6O6S3. The standard InChI is InChI=1S/C6H16N6O2S2.H2O4S/c7-5(8)11-1-3-15-16(13,14)4-2-12-6(9)10;1-5(2,3)4/h1-4H2,(H4,7,8,11)(H4,9,10,12);(H2,1,2,3,4). The molecule has 0 atom stereocenters. The van der Waals surface area contributed by atoms with E-state index in [1.165, 1.54) is 0 Å². The predicted octanol–water partition coefficient (Wildman–Crippen LogP) is -3.06. The lowest BCUT2D eigenvalue weighted by molar-refractivity contribution is 0.381. The average Bonchev–Trinajstić information content (AvgIpc) is 2.21. The molecule has 0 aliphatic carbocycles. The highest BCUT2D eigenvalue weighted by Crippen LogP contribution is 2.12. The Bertz CT molecular complexity index is 540. The van der Waals surface area contributed by atoms with Crippen molar-refractivity contribution in [3.05, 3.63) is 0 Å². The summed E-state index contributed by atoms with van der Waals surface area (Å²) in [6.45, 7) is 0.314. The largest absolute Gasteiger partial charge is 0.394 e. The molecule has 0 radical (unpaired) electrons. The van der Waals surface area contributed by atoms with Crippen molar-refractivity contribution in [1.29, 1.82) is 0 Å². The number of hydrogen-bond donors (Lipinski definition) is 6. The molecule has 0 spiro atoms. The molecule has 0 aromatic rings. The van der Waals surface area contributed by atoms with E-state index in [2.05, 4.69) is 9.98 Å². The topological polar surface area (TPSA) is 238 Å². The summed E-state index contributed by atoms with van der Waals surface area (Å²) in [5.41, 5.74) is 20.3. The monoisotopic (exact) mass is 366 g/mol. The van der Waals surface area contributed by atoms with Gasteiger partial charge in [-0.15, -0.1) is 0 Å². The van der Waals surface area contributed by atoms with Gasteiger partial charge in [-0.3, -0.25) is 19.1 Å². The van der Waals surface area contributed by atoms with Crippen molar-refractivity contribution in [2.45, 2.75) is 0 Å². The first-order chi connectivity index (χ1) is 9.33. The van der Waals surface area contributed by atoms with E-state index in [0.717, 1.165) is 10.8 Å². The lowest BCUT2D eigenvalue weighted by Crippen LogP contribution is -2.24. The molecule has 0 heterocycles. The van der Waals surface area contributed by atoms with Gasteiger partial charge in [0.15, 0.2) is 11.9 Å². The molecule has 0 unspecified atom stereocenters. The van der Waals surface area contributed by atoms with Crippen molar-refractivity contribution in [2.75, 3.05) is 24.6 Å². The maximum Gasteiger partial charge on any atom is 0.394 e. The Balaban J connectivity index is 0. The zero-order valence-corrected chi connectivity index (χ0v) is 13.2. The van der Waals surface area contributed by atoms with Crippen molar-refractivity contribution in [3.8, 4) is 0 Å². The van der Waals surface area contributed by atoms with Gasteiger partial charge in [0, 0.05) is 5.75 Å². The van der Waals surface area contributed by atoms with Crippen LogP contribution in [0.3, 0.4) is 0 Å². The maximum absolute atomic E-state index is 11.4. The summed E-state index contributed by atoms with van der Waals surface area (Å²) in [6, 6.07) is 0. The lowest BCUT2D eigenvalue weighted by Gasteiger charge is -2.00. The molecule has 12 nitrogen and oxygen atoms in total. The Morgan fingerprint density at radius 2 is 1.29 bits per heavy atom. The van der Waals surface area contributed by atoms with E-state index < -0.39 is 19.3 Å². The van der Waals surface area contributed by atoms with Crippen LogP contribution in [0.5, 0.6) is 0 Å². The normalized spacial score (nSPS) is 11.0. The van der Waals surface area contributed by atoms with Crippen LogP contribution in [-0.2, 0) is 19.3 Å². The van der Waals surface area contributed by atoms with Gasteiger partial charge in [-0.2, -0.15) is 8.42 Å². The molecule has 0 amide bonds. The summed E-state index contributed by atoms with van der Waals surface area (Å²) < 4.78 is 54.3. The SMILES string of the molecule is NC(N)=NCCSS(=O)(=O)CCN=C(N)N.O=S(=O)(O)O. The fourth-order valence-electron chi connectivity index (χ4n) is 0.684. The van der Waals surface area contributed by atoms with Crippen molar-refractivity contribution in [2.24, 2.45) is 32.9 Å². The molecule has 0 bridgehead atoms. The van der Waals surface area contributed by atoms with Crippen molar-refractivity contribution < 1.29 is 25.9 Å². The van der Waals surface area contributed by atoms with Crippen LogP contribution in [0.4, 0.5) is 0 Å². The van der Waals surface area contributed by atoms with Gasteiger partial charge in [-0.25, -0.2) is 8.42 Å².